The van der Waals surface area contributed by atoms with Crippen molar-refractivity contribution >= 4 is 0 Å². The van der Waals surface area contributed by atoms with Crippen molar-refractivity contribution in [2.45, 2.75) is 26.3 Å². The molecule has 0 saturated carbocycles. The molecule has 0 spiro atoms. The molecular formula is C14H19N3. The van der Waals surface area contributed by atoms with Crippen molar-refractivity contribution in [2.75, 3.05) is 0 Å². The smallest absolute Gasteiger partial charge is 0.0645 e. The topological polar surface area (TPSA) is 43.8 Å². The summed E-state index contributed by atoms with van der Waals surface area (Å²) in [7, 11) is 0. The number of para-hydroxylation sites is 1. The van der Waals surface area contributed by atoms with Gasteiger partial charge in [-0.15, -0.1) is 0 Å². The van der Waals surface area contributed by atoms with Gasteiger partial charge in [-0.3, -0.25) is 0 Å². The Hall–Kier alpha value is -1.61. The Morgan fingerprint density at radius 2 is 2.00 bits per heavy atom. The molecule has 1 aromatic heterocycles. The predicted molar refractivity (Wildman–Crippen MR) is 69.9 cm³/mol. The zero-order valence-corrected chi connectivity index (χ0v) is 10.4. The summed E-state index contributed by atoms with van der Waals surface area (Å²) in [6.45, 7) is 4.33. The van der Waals surface area contributed by atoms with E-state index < -0.39 is 0 Å². The van der Waals surface area contributed by atoms with Gasteiger partial charge in [-0.05, 0) is 18.1 Å². The van der Waals surface area contributed by atoms with Gasteiger partial charge in [0.2, 0.25) is 0 Å². The van der Waals surface area contributed by atoms with Crippen LogP contribution >= 0.6 is 0 Å². The summed E-state index contributed by atoms with van der Waals surface area (Å²) in [6, 6.07) is 10.1. The van der Waals surface area contributed by atoms with E-state index in [1.807, 2.05) is 47.4 Å². The average Bonchev–Trinajstić information content (AvgIpc) is 2.87. The molecule has 2 rings (SSSR count). The van der Waals surface area contributed by atoms with Crippen LogP contribution in [0.2, 0.25) is 0 Å². The molecule has 3 heteroatoms. The number of nitrogens with two attached hydrogens (primary N) is 1. The van der Waals surface area contributed by atoms with E-state index >= 15 is 0 Å². The molecular weight excluding hydrogens is 210 g/mol. The summed E-state index contributed by atoms with van der Waals surface area (Å²) in [6.07, 6.45) is 4.97. The quantitative estimate of drug-likeness (QED) is 0.876. The van der Waals surface area contributed by atoms with Gasteiger partial charge in [0.15, 0.2) is 0 Å². The second kappa shape index (κ2) is 5.15. The first-order chi connectivity index (χ1) is 8.22. The minimum atomic E-state index is 0.0671. The third-order valence-corrected chi connectivity index (χ3v) is 3.27. The van der Waals surface area contributed by atoms with Crippen LogP contribution in [0.1, 0.15) is 31.9 Å². The van der Waals surface area contributed by atoms with Crippen molar-refractivity contribution in [1.82, 2.24) is 9.78 Å². The van der Waals surface area contributed by atoms with E-state index in [-0.39, 0.29) is 6.04 Å². The highest BCUT2D eigenvalue weighted by molar-refractivity contribution is 5.31. The second-order valence-electron chi connectivity index (χ2n) is 4.47. The van der Waals surface area contributed by atoms with Crippen LogP contribution in [0.25, 0.3) is 5.69 Å². The van der Waals surface area contributed by atoms with Crippen molar-refractivity contribution in [3.8, 4) is 5.69 Å². The van der Waals surface area contributed by atoms with E-state index in [0.29, 0.717) is 5.92 Å². The fraction of sp³-hybridized carbons (Fsp3) is 0.357. The first-order valence-electron chi connectivity index (χ1n) is 6.08. The molecule has 90 valence electrons. The predicted octanol–water partition coefficient (Wildman–Crippen LogP) is 2.92. The normalized spacial score (nSPS) is 14.5. The van der Waals surface area contributed by atoms with Gasteiger partial charge in [-0.2, -0.15) is 5.10 Å². The van der Waals surface area contributed by atoms with Gasteiger partial charge >= 0.3 is 0 Å². The molecule has 0 aliphatic heterocycles. The summed E-state index contributed by atoms with van der Waals surface area (Å²) in [4.78, 5) is 0. The van der Waals surface area contributed by atoms with Crippen molar-refractivity contribution in [3.63, 3.8) is 0 Å². The molecule has 2 atom stereocenters. The maximum absolute atomic E-state index is 6.19. The zero-order valence-electron chi connectivity index (χ0n) is 10.4. The molecule has 3 nitrogen and oxygen atoms in total. The van der Waals surface area contributed by atoms with E-state index in [2.05, 4.69) is 18.9 Å². The molecule has 2 unspecified atom stereocenters. The van der Waals surface area contributed by atoms with E-state index in [1.165, 1.54) is 0 Å². The molecule has 2 aromatic rings. The van der Waals surface area contributed by atoms with Crippen molar-refractivity contribution in [1.29, 1.82) is 0 Å². The number of nitrogens with zero attached hydrogens (tertiary/aromatic N) is 2. The molecule has 0 fully saturated rings. The van der Waals surface area contributed by atoms with Crippen molar-refractivity contribution in [2.24, 2.45) is 11.7 Å². The molecule has 17 heavy (non-hydrogen) atoms. The van der Waals surface area contributed by atoms with Gasteiger partial charge in [0.05, 0.1) is 11.9 Å². The molecule has 0 amide bonds. The lowest BCUT2D eigenvalue weighted by Crippen LogP contribution is -2.17. The Morgan fingerprint density at radius 1 is 1.29 bits per heavy atom. The van der Waals surface area contributed by atoms with Crippen LogP contribution in [0, 0.1) is 5.92 Å². The van der Waals surface area contributed by atoms with E-state index in [0.717, 1.165) is 17.7 Å². The van der Waals surface area contributed by atoms with Crippen LogP contribution in [0.4, 0.5) is 0 Å². The summed E-state index contributed by atoms with van der Waals surface area (Å²) in [5, 5.41) is 4.36. The van der Waals surface area contributed by atoms with Crippen LogP contribution < -0.4 is 5.73 Å². The lowest BCUT2D eigenvalue weighted by Gasteiger charge is -2.16. The zero-order chi connectivity index (χ0) is 12.3. The maximum Gasteiger partial charge on any atom is 0.0645 e. The van der Waals surface area contributed by atoms with Crippen LogP contribution in [0.3, 0.4) is 0 Å². The van der Waals surface area contributed by atoms with Crippen molar-refractivity contribution in [3.05, 3.63) is 48.3 Å². The summed E-state index contributed by atoms with van der Waals surface area (Å²) < 4.78 is 1.87. The Kier molecular flexibility index (Phi) is 3.59. The van der Waals surface area contributed by atoms with E-state index in [9.17, 15) is 0 Å². The molecule has 0 aliphatic carbocycles. The monoisotopic (exact) mass is 229 g/mol. The third-order valence-electron chi connectivity index (χ3n) is 3.27. The Morgan fingerprint density at radius 3 is 2.65 bits per heavy atom. The first kappa shape index (κ1) is 11.9. The lowest BCUT2D eigenvalue weighted by atomic mass is 9.96. The lowest BCUT2D eigenvalue weighted by molar-refractivity contribution is 0.457. The summed E-state index contributed by atoms with van der Waals surface area (Å²) in [5.74, 6) is 0.475. The number of aromatic nitrogens is 2. The van der Waals surface area contributed by atoms with Gasteiger partial charge < -0.3 is 5.73 Å². The Labute approximate surface area is 102 Å². The standard InChI is InChI=1S/C14H19N3/c1-3-11(2)14(15)12-9-16-17(10-12)13-7-5-4-6-8-13/h4-11,14H,3,15H2,1-2H3. The van der Waals surface area contributed by atoms with Crippen molar-refractivity contribution < 1.29 is 0 Å². The van der Waals surface area contributed by atoms with Gasteiger partial charge in [-0.1, -0.05) is 38.5 Å². The van der Waals surface area contributed by atoms with Crippen LogP contribution in [0.5, 0.6) is 0 Å². The van der Waals surface area contributed by atoms with Gasteiger partial charge in [0, 0.05) is 17.8 Å². The van der Waals surface area contributed by atoms with E-state index in [4.69, 9.17) is 5.73 Å². The minimum Gasteiger partial charge on any atom is -0.324 e. The Balaban J connectivity index is 2.22. The fourth-order valence-electron chi connectivity index (χ4n) is 1.81. The molecule has 0 bridgehead atoms. The van der Waals surface area contributed by atoms with Gasteiger partial charge in [-0.25, -0.2) is 4.68 Å². The maximum atomic E-state index is 6.19. The van der Waals surface area contributed by atoms with Crippen LogP contribution in [0.15, 0.2) is 42.7 Å². The molecule has 0 radical (unpaired) electrons. The molecule has 0 saturated heterocycles. The minimum absolute atomic E-state index is 0.0671. The average molecular weight is 229 g/mol. The van der Waals surface area contributed by atoms with Gasteiger partial charge in [0.25, 0.3) is 0 Å². The van der Waals surface area contributed by atoms with Gasteiger partial charge in [0.1, 0.15) is 0 Å². The number of hydrogen-bond donors (Lipinski definition) is 1. The van der Waals surface area contributed by atoms with Crippen LogP contribution in [-0.2, 0) is 0 Å². The number of rotatable bonds is 4. The van der Waals surface area contributed by atoms with Crippen LogP contribution in [-0.4, -0.2) is 9.78 Å². The highest BCUT2D eigenvalue weighted by Gasteiger charge is 2.15. The number of hydrogen-bond acceptors (Lipinski definition) is 2. The first-order valence-corrected chi connectivity index (χ1v) is 6.08. The third kappa shape index (κ3) is 2.56. The summed E-state index contributed by atoms with van der Waals surface area (Å²) in [5.41, 5.74) is 8.35. The van der Waals surface area contributed by atoms with E-state index in [1.54, 1.807) is 0 Å². The highest BCUT2D eigenvalue weighted by Crippen LogP contribution is 2.21. The molecule has 2 N–H and O–H groups in total. The number of benzene rings is 1. The Bertz CT molecular complexity index is 461. The fourth-order valence-corrected chi connectivity index (χ4v) is 1.81. The molecule has 0 aliphatic rings. The summed E-state index contributed by atoms with van der Waals surface area (Å²) >= 11 is 0. The molecule has 1 heterocycles. The SMILES string of the molecule is CCC(C)C(N)c1cnn(-c2ccccc2)c1. The highest BCUT2D eigenvalue weighted by atomic mass is 15.3. The second-order valence-corrected chi connectivity index (χ2v) is 4.47. The largest absolute Gasteiger partial charge is 0.324 e. The molecule has 1 aromatic carbocycles.